The number of hydrogen-bond acceptors (Lipinski definition) is 2. The van der Waals surface area contributed by atoms with Crippen molar-refractivity contribution in [2.24, 2.45) is 0 Å². The smallest absolute Gasteiger partial charge is 0.137 e. The van der Waals surface area contributed by atoms with Crippen LogP contribution < -0.4 is 0 Å². The van der Waals surface area contributed by atoms with Gasteiger partial charge >= 0.3 is 0 Å². The van der Waals surface area contributed by atoms with Crippen molar-refractivity contribution >= 4 is 34.9 Å². The van der Waals surface area contributed by atoms with Gasteiger partial charge in [0.25, 0.3) is 0 Å². The van der Waals surface area contributed by atoms with Gasteiger partial charge in [-0.25, -0.2) is 0 Å². The van der Waals surface area contributed by atoms with Crippen molar-refractivity contribution in [2.45, 2.75) is 85.2 Å². The predicted octanol–water partition coefficient (Wildman–Crippen LogP) is 4.93. The van der Waals surface area contributed by atoms with E-state index in [4.69, 9.17) is 24.4 Å². The Morgan fingerprint density at radius 2 is 1.62 bits per heavy atom. The molecule has 0 fully saturated rings. The molecule has 0 aromatic heterocycles. The molecule has 21 heavy (non-hydrogen) atoms. The van der Waals surface area contributed by atoms with Crippen molar-refractivity contribution in [1.82, 2.24) is 9.80 Å². The Balaban J connectivity index is 5.07. The summed E-state index contributed by atoms with van der Waals surface area (Å²) in [7, 11) is 0. The summed E-state index contributed by atoms with van der Waals surface area (Å²) in [5, 5.41) is 0. The molecule has 0 saturated carbocycles. The summed E-state index contributed by atoms with van der Waals surface area (Å²) in [5.41, 5.74) is 2.92. The lowest BCUT2D eigenvalue weighted by Gasteiger charge is -2.38. The van der Waals surface area contributed by atoms with Gasteiger partial charge < -0.3 is 9.80 Å². The van der Waals surface area contributed by atoms with Crippen LogP contribution in [0.25, 0.3) is 0 Å². The molecular formula is C17H33N2S2. The average molecular weight is 330 g/mol. The molecule has 0 amide bonds. The molecule has 0 aromatic rings. The Morgan fingerprint density at radius 3 is 2.00 bits per heavy atom. The van der Waals surface area contributed by atoms with Crippen LogP contribution in [0.5, 0.6) is 0 Å². The molecule has 2 nitrogen and oxygen atoms in total. The first-order valence-corrected chi connectivity index (χ1v) is 9.37. The van der Waals surface area contributed by atoms with E-state index in [9.17, 15) is 0 Å². The highest BCUT2D eigenvalue weighted by atomic mass is 32.1. The van der Waals surface area contributed by atoms with Crippen LogP contribution >= 0.6 is 24.4 Å². The SMILES string of the molecule is CCCCCC(C(=S)N(CC)C(CC)CC)N([C]=S)CC. The van der Waals surface area contributed by atoms with E-state index in [0.29, 0.717) is 6.04 Å². The second kappa shape index (κ2) is 12.3. The van der Waals surface area contributed by atoms with Gasteiger partial charge in [0.1, 0.15) is 10.5 Å². The molecule has 0 heterocycles. The van der Waals surface area contributed by atoms with E-state index in [0.717, 1.165) is 37.3 Å². The minimum Gasteiger partial charge on any atom is -0.362 e. The number of unbranched alkanes of at least 4 members (excludes halogenated alkanes) is 2. The lowest BCUT2D eigenvalue weighted by Crippen LogP contribution is -2.50. The van der Waals surface area contributed by atoms with Gasteiger partial charge in [-0.2, -0.15) is 0 Å². The fraction of sp³-hybridized carbons (Fsp3) is 0.882. The Labute approximate surface area is 143 Å². The molecule has 0 N–H and O–H groups in total. The van der Waals surface area contributed by atoms with E-state index in [1.165, 1.54) is 19.3 Å². The van der Waals surface area contributed by atoms with Crippen LogP contribution in [0.2, 0.25) is 0 Å². The van der Waals surface area contributed by atoms with E-state index in [2.05, 4.69) is 49.9 Å². The summed E-state index contributed by atoms with van der Waals surface area (Å²) < 4.78 is 0. The quantitative estimate of drug-likeness (QED) is 0.284. The molecule has 1 radical (unpaired) electrons. The molecule has 0 spiro atoms. The van der Waals surface area contributed by atoms with Crippen molar-refractivity contribution in [3.63, 3.8) is 0 Å². The normalized spacial score (nSPS) is 12.3. The van der Waals surface area contributed by atoms with Crippen molar-refractivity contribution in [3.05, 3.63) is 0 Å². The molecule has 1 unspecified atom stereocenters. The van der Waals surface area contributed by atoms with E-state index in [1.807, 2.05) is 0 Å². The molecule has 0 aromatic carbocycles. The van der Waals surface area contributed by atoms with Crippen molar-refractivity contribution in [2.75, 3.05) is 13.1 Å². The zero-order valence-electron chi connectivity index (χ0n) is 14.5. The molecule has 0 saturated heterocycles. The highest BCUT2D eigenvalue weighted by Gasteiger charge is 2.26. The van der Waals surface area contributed by atoms with Gasteiger partial charge in [0.2, 0.25) is 0 Å². The van der Waals surface area contributed by atoms with Crippen LogP contribution in [0.4, 0.5) is 0 Å². The summed E-state index contributed by atoms with van der Waals surface area (Å²) in [5.74, 6) is 0. The molecule has 0 aliphatic rings. The fourth-order valence-electron chi connectivity index (χ4n) is 2.86. The molecule has 0 rings (SSSR count). The first-order chi connectivity index (χ1) is 10.1. The number of thiocarbonyl (C=S) groups is 2. The highest BCUT2D eigenvalue weighted by Crippen LogP contribution is 2.18. The van der Waals surface area contributed by atoms with E-state index >= 15 is 0 Å². The number of likely N-dealkylation sites (N-methyl/N-ethyl adjacent to an activating group) is 2. The van der Waals surface area contributed by atoms with Crippen molar-refractivity contribution < 1.29 is 0 Å². The first-order valence-electron chi connectivity index (χ1n) is 8.55. The number of hydrogen-bond donors (Lipinski definition) is 0. The topological polar surface area (TPSA) is 6.48 Å². The van der Waals surface area contributed by atoms with Crippen molar-refractivity contribution in [1.29, 1.82) is 0 Å². The molecule has 1 atom stereocenters. The van der Waals surface area contributed by atoms with Gasteiger partial charge in [-0.15, -0.1) is 0 Å². The van der Waals surface area contributed by atoms with Gasteiger partial charge in [0.05, 0.1) is 6.04 Å². The Hall–Kier alpha value is -0.220. The molecule has 0 aliphatic heterocycles. The van der Waals surface area contributed by atoms with Crippen LogP contribution in [0, 0.1) is 0 Å². The van der Waals surface area contributed by atoms with Crippen LogP contribution in [0.1, 0.15) is 73.1 Å². The summed E-state index contributed by atoms with van der Waals surface area (Å²) >= 11 is 11.0. The summed E-state index contributed by atoms with van der Waals surface area (Å²) in [6, 6.07) is 0.773. The monoisotopic (exact) mass is 329 g/mol. The van der Waals surface area contributed by atoms with E-state index < -0.39 is 0 Å². The van der Waals surface area contributed by atoms with Crippen LogP contribution in [-0.2, 0) is 0 Å². The minimum absolute atomic E-state index is 0.231. The second-order valence-corrected chi connectivity index (χ2v) is 6.08. The third-order valence-electron chi connectivity index (χ3n) is 4.21. The van der Waals surface area contributed by atoms with Gasteiger partial charge in [-0.05, 0) is 33.1 Å². The maximum absolute atomic E-state index is 5.86. The van der Waals surface area contributed by atoms with Crippen LogP contribution in [0.3, 0.4) is 0 Å². The van der Waals surface area contributed by atoms with Gasteiger partial charge in [-0.1, -0.05) is 64.5 Å². The van der Waals surface area contributed by atoms with Crippen molar-refractivity contribution in [3.8, 4) is 0 Å². The molecule has 4 heteroatoms. The van der Waals surface area contributed by atoms with E-state index in [1.54, 1.807) is 0 Å². The predicted molar refractivity (Wildman–Crippen MR) is 102 cm³/mol. The minimum atomic E-state index is 0.231. The number of nitrogens with zero attached hydrogens (tertiary/aromatic N) is 2. The largest absolute Gasteiger partial charge is 0.362 e. The van der Waals surface area contributed by atoms with Crippen LogP contribution in [0.15, 0.2) is 0 Å². The fourth-order valence-corrected chi connectivity index (χ4v) is 3.64. The van der Waals surface area contributed by atoms with Gasteiger partial charge in [-0.3, -0.25) is 0 Å². The van der Waals surface area contributed by atoms with E-state index in [-0.39, 0.29) is 6.04 Å². The Bertz CT molecular complexity index is 291. The Morgan fingerprint density at radius 1 is 1.00 bits per heavy atom. The third kappa shape index (κ3) is 6.60. The highest BCUT2D eigenvalue weighted by molar-refractivity contribution is 7.80. The van der Waals surface area contributed by atoms with Gasteiger partial charge in [0.15, 0.2) is 0 Å². The lowest BCUT2D eigenvalue weighted by atomic mass is 10.0. The maximum atomic E-state index is 5.86. The Kier molecular flexibility index (Phi) is 12.2. The summed E-state index contributed by atoms with van der Waals surface area (Å²) in [6.45, 7) is 12.9. The summed E-state index contributed by atoms with van der Waals surface area (Å²) in [6.07, 6.45) is 7.05. The second-order valence-electron chi connectivity index (χ2n) is 5.48. The third-order valence-corrected chi connectivity index (χ3v) is 4.95. The molecular weight excluding hydrogens is 296 g/mol. The molecule has 123 valence electrons. The molecule has 0 bridgehead atoms. The van der Waals surface area contributed by atoms with Crippen LogP contribution in [-0.4, -0.2) is 45.5 Å². The summed E-state index contributed by atoms with van der Waals surface area (Å²) in [4.78, 5) is 5.57. The van der Waals surface area contributed by atoms with Gasteiger partial charge in [0, 0.05) is 19.1 Å². The average Bonchev–Trinajstić information content (AvgIpc) is 2.51. The number of rotatable bonds is 12. The zero-order chi connectivity index (χ0) is 16.3. The zero-order valence-corrected chi connectivity index (χ0v) is 16.2. The molecule has 0 aliphatic carbocycles. The maximum Gasteiger partial charge on any atom is 0.137 e. The lowest BCUT2D eigenvalue weighted by molar-refractivity contribution is 0.278. The first kappa shape index (κ1) is 20.8. The standard InChI is InChI=1S/C17H33N2S2/c1-6-11-12-13-16(18(9-4)14-20)17(21)19(10-5)15(7-2)8-3/h15-16H,6-13H2,1-5H3.